The minimum Gasteiger partial charge on any atom is -0.325 e. The molecule has 0 unspecified atom stereocenters. The van der Waals surface area contributed by atoms with Crippen molar-refractivity contribution in [2.24, 2.45) is 5.73 Å². The fraction of sp³-hybridized carbons (Fsp3) is 0.333. The summed E-state index contributed by atoms with van der Waals surface area (Å²) < 4.78 is 0. The highest BCUT2D eigenvalue weighted by molar-refractivity contribution is 5.60. The van der Waals surface area contributed by atoms with Gasteiger partial charge in [-0.3, -0.25) is 0 Å². The summed E-state index contributed by atoms with van der Waals surface area (Å²) >= 11 is 0. The molecule has 1 aliphatic rings. The number of nitrogens with zero attached hydrogens (tertiary/aromatic N) is 2. The highest BCUT2D eigenvalue weighted by Crippen LogP contribution is 2.27. The zero-order valence-electron chi connectivity index (χ0n) is 10.6. The monoisotopic (exact) mass is 239 g/mol. The zero-order valence-corrected chi connectivity index (χ0v) is 10.6. The number of aromatic nitrogens is 2. The molecule has 0 bridgehead atoms. The summed E-state index contributed by atoms with van der Waals surface area (Å²) in [6, 6.07) is 8.23. The molecule has 3 nitrogen and oxygen atoms in total. The molecule has 0 radical (unpaired) electrons. The van der Waals surface area contributed by atoms with Crippen LogP contribution in [0.1, 0.15) is 28.9 Å². The van der Waals surface area contributed by atoms with Gasteiger partial charge in [-0.1, -0.05) is 24.3 Å². The number of benzene rings is 1. The molecule has 18 heavy (non-hydrogen) atoms. The van der Waals surface area contributed by atoms with Crippen LogP contribution in [0.4, 0.5) is 0 Å². The molecule has 2 aromatic rings. The summed E-state index contributed by atoms with van der Waals surface area (Å²) in [5.74, 6) is 0.828. The predicted molar refractivity (Wildman–Crippen MR) is 72.1 cm³/mol. The molecule has 1 aromatic carbocycles. The van der Waals surface area contributed by atoms with Crippen LogP contribution >= 0.6 is 0 Å². The molecule has 0 spiro atoms. The molecule has 1 aromatic heterocycles. The topological polar surface area (TPSA) is 51.8 Å². The Bertz CT molecular complexity index is 590. The van der Waals surface area contributed by atoms with Crippen LogP contribution in [0.3, 0.4) is 0 Å². The van der Waals surface area contributed by atoms with E-state index in [1.165, 1.54) is 23.2 Å². The Kier molecular flexibility index (Phi) is 2.84. The van der Waals surface area contributed by atoms with Crippen molar-refractivity contribution in [3.8, 4) is 11.4 Å². The van der Waals surface area contributed by atoms with Crippen molar-refractivity contribution in [3.63, 3.8) is 0 Å². The van der Waals surface area contributed by atoms with E-state index in [0.717, 1.165) is 29.9 Å². The number of nitrogens with two attached hydrogens (primary N) is 1. The van der Waals surface area contributed by atoms with E-state index >= 15 is 0 Å². The normalized spacial score (nSPS) is 13.7. The summed E-state index contributed by atoms with van der Waals surface area (Å²) in [7, 11) is 0. The average Bonchev–Trinajstić information content (AvgIpc) is 2.86. The summed E-state index contributed by atoms with van der Waals surface area (Å²) in [5.41, 5.74) is 11.6. The van der Waals surface area contributed by atoms with Crippen LogP contribution in [0.5, 0.6) is 0 Å². The van der Waals surface area contributed by atoms with Crippen LogP contribution in [0.2, 0.25) is 0 Å². The first-order valence-electron chi connectivity index (χ1n) is 6.44. The van der Waals surface area contributed by atoms with Crippen molar-refractivity contribution in [2.45, 2.75) is 32.7 Å². The summed E-state index contributed by atoms with van der Waals surface area (Å²) in [6.07, 6.45) is 3.31. The molecule has 0 saturated carbocycles. The summed E-state index contributed by atoms with van der Waals surface area (Å²) in [5, 5.41) is 0. The van der Waals surface area contributed by atoms with Gasteiger partial charge in [0.05, 0.1) is 5.69 Å². The van der Waals surface area contributed by atoms with Gasteiger partial charge < -0.3 is 5.73 Å². The third-order valence-corrected chi connectivity index (χ3v) is 3.60. The largest absolute Gasteiger partial charge is 0.325 e. The second-order valence-electron chi connectivity index (χ2n) is 4.79. The quantitative estimate of drug-likeness (QED) is 0.875. The molecule has 1 heterocycles. The van der Waals surface area contributed by atoms with Crippen molar-refractivity contribution in [2.75, 3.05) is 0 Å². The van der Waals surface area contributed by atoms with Gasteiger partial charge in [-0.2, -0.15) is 0 Å². The third-order valence-electron chi connectivity index (χ3n) is 3.60. The predicted octanol–water partition coefficient (Wildman–Crippen LogP) is 2.40. The second-order valence-corrected chi connectivity index (χ2v) is 4.79. The number of fused-ring (bicyclic) bond motifs is 1. The Morgan fingerprint density at radius 2 is 2.00 bits per heavy atom. The van der Waals surface area contributed by atoms with Crippen molar-refractivity contribution < 1.29 is 0 Å². The van der Waals surface area contributed by atoms with Gasteiger partial charge in [0, 0.05) is 17.8 Å². The zero-order chi connectivity index (χ0) is 12.5. The molecule has 3 heteroatoms. The highest BCUT2D eigenvalue weighted by Gasteiger charge is 2.19. The Morgan fingerprint density at radius 3 is 2.78 bits per heavy atom. The van der Waals surface area contributed by atoms with Crippen LogP contribution < -0.4 is 5.73 Å². The molecule has 3 rings (SSSR count). The van der Waals surface area contributed by atoms with E-state index in [9.17, 15) is 0 Å². The molecule has 2 N–H and O–H groups in total. The van der Waals surface area contributed by atoms with Crippen LogP contribution in [-0.2, 0) is 19.4 Å². The molecule has 0 aliphatic heterocycles. The smallest absolute Gasteiger partial charge is 0.159 e. The van der Waals surface area contributed by atoms with Gasteiger partial charge in [-0.25, -0.2) is 9.97 Å². The lowest BCUT2D eigenvalue weighted by molar-refractivity contribution is 0.892. The van der Waals surface area contributed by atoms with Gasteiger partial charge in [0.2, 0.25) is 0 Å². The maximum Gasteiger partial charge on any atom is 0.159 e. The van der Waals surface area contributed by atoms with Crippen LogP contribution in [0, 0.1) is 6.92 Å². The standard InChI is InChI=1S/C15H17N3/c1-10-5-2-3-6-11(10)15-17-13-8-4-7-12(13)14(9-16)18-15/h2-3,5-6H,4,7-9,16H2,1H3. The van der Waals surface area contributed by atoms with E-state index in [1.807, 2.05) is 12.1 Å². The van der Waals surface area contributed by atoms with Gasteiger partial charge in [0.15, 0.2) is 5.82 Å². The molecule has 0 fully saturated rings. The van der Waals surface area contributed by atoms with Crippen LogP contribution in [-0.4, -0.2) is 9.97 Å². The van der Waals surface area contributed by atoms with Gasteiger partial charge in [0.25, 0.3) is 0 Å². The van der Waals surface area contributed by atoms with Gasteiger partial charge >= 0.3 is 0 Å². The average molecular weight is 239 g/mol. The second kappa shape index (κ2) is 4.50. The lowest BCUT2D eigenvalue weighted by Crippen LogP contribution is -2.08. The first-order valence-corrected chi connectivity index (χ1v) is 6.44. The number of aryl methyl sites for hydroxylation is 2. The molecule has 0 saturated heterocycles. The molecular formula is C15H17N3. The third kappa shape index (κ3) is 1.81. The first-order chi connectivity index (χ1) is 8.79. The Balaban J connectivity index is 2.17. The van der Waals surface area contributed by atoms with Crippen LogP contribution in [0.15, 0.2) is 24.3 Å². The highest BCUT2D eigenvalue weighted by atomic mass is 14.9. The maximum atomic E-state index is 5.82. The molecular weight excluding hydrogens is 222 g/mol. The van der Waals surface area contributed by atoms with Crippen molar-refractivity contribution >= 4 is 0 Å². The van der Waals surface area contributed by atoms with Gasteiger partial charge in [-0.05, 0) is 37.3 Å². The van der Waals surface area contributed by atoms with Gasteiger partial charge in [0.1, 0.15) is 0 Å². The minimum absolute atomic E-state index is 0.504. The first kappa shape index (κ1) is 11.4. The fourth-order valence-corrected chi connectivity index (χ4v) is 2.62. The Labute approximate surface area is 107 Å². The molecule has 0 atom stereocenters. The fourth-order valence-electron chi connectivity index (χ4n) is 2.62. The number of hydrogen-bond donors (Lipinski definition) is 1. The van der Waals surface area contributed by atoms with E-state index in [0.29, 0.717) is 6.54 Å². The maximum absolute atomic E-state index is 5.82. The summed E-state index contributed by atoms with van der Waals surface area (Å²) in [6.45, 7) is 2.60. The van der Waals surface area contributed by atoms with Crippen LogP contribution in [0.25, 0.3) is 11.4 Å². The van der Waals surface area contributed by atoms with Crippen molar-refractivity contribution in [1.29, 1.82) is 0 Å². The number of hydrogen-bond acceptors (Lipinski definition) is 3. The lowest BCUT2D eigenvalue weighted by Gasteiger charge is -2.10. The number of rotatable bonds is 2. The van der Waals surface area contributed by atoms with E-state index in [1.54, 1.807) is 0 Å². The lowest BCUT2D eigenvalue weighted by atomic mass is 10.1. The van der Waals surface area contributed by atoms with E-state index < -0.39 is 0 Å². The van der Waals surface area contributed by atoms with E-state index in [4.69, 9.17) is 10.7 Å². The Hall–Kier alpha value is -1.74. The van der Waals surface area contributed by atoms with E-state index in [-0.39, 0.29) is 0 Å². The molecule has 92 valence electrons. The molecule has 1 aliphatic carbocycles. The van der Waals surface area contributed by atoms with E-state index in [2.05, 4.69) is 24.0 Å². The SMILES string of the molecule is Cc1ccccc1-c1nc(CN)c2c(n1)CCC2. The van der Waals surface area contributed by atoms with Crippen molar-refractivity contribution in [1.82, 2.24) is 9.97 Å². The Morgan fingerprint density at radius 1 is 1.17 bits per heavy atom. The van der Waals surface area contributed by atoms with Gasteiger partial charge in [-0.15, -0.1) is 0 Å². The molecule has 0 amide bonds. The van der Waals surface area contributed by atoms with Crippen molar-refractivity contribution in [3.05, 3.63) is 46.8 Å². The summed E-state index contributed by atoms with van der Waals surface area (Å²) in [4.78, 5) is 9.38. The minimum atomic E-state index is 0.504.